The van der Waals surface area contributed by atoms with E-state index in [2.05, 4.69) is 47.1 Å². The van der Waals surface area contributed by atoms with E-state index in [0.717, 1.165) is 4.47 Å². The van der Waals surface area contributed by atoms with Crippen LogP contribution in [0.15, 0.2) is 34.3 Å². The third-order valence-electron chi connectivity index (χ3n) is 2.76. The van der Waals surface area contributed by atoms with E-state index in [1.54, 1.807) is 5.57 Å². The lowest BCUT2D eigenvalue weighted by Crippen LogP contribution is -1.99. The van der Waals surface area contributed by atoms with Crippen LogP contribution in [0.25, 0.3) is 5.57 Å². The van der Waals surface area contributed by atoms with Crippen molar-refractivity contribution in [2.24, 2.45) is 0 Å². The van der Waals surface area contributed by atoms with Crippen molar-refractivity contribution in [2.75, 3.05) is 0 Å². The zero-order valence-corrected chi connectivity index (χ0v) is 9.39. The third kappa shape index (κ3) is 1.86. The van der Waals surface area contributed by atoms with E-state index in [1.165, 1.54) is 30.4 Å². The van der Waals surface area contributed by atoms with Crippen LogP contribution < -0.4 is 0 Å². The summed E-state index contributed by atoms with van der Waals surface area (Å²) in [5.41, 5.74) is 4.50. The van der Waals surface area contributed by atoms with Gasteiger partial charge in [0.2, 0.25) is 0 Å². The molecule has 0 bridgehead atoms. The quantitative estimate of drug-likeness (QED) is 0.678. The fraction of sp³-hybridized carbons (Fsp3) is 0.333. The Hall–Kier alpha value is -0.560. The average molecular weight is 237 g/mol. The van der Waals surface area contributed by atoms with Crippen molar-refractivity contribution in [2.45, 2.75) is 26.2 Å². The van der Waals surface area contributed by atoms with Crippen molar-refractivity contribution in [1.29, 1.82) is 0 Å². The second-order valence-corrected chi connectivity index (χ2v) is 4.50. The van der Waals surface area contributed by atoms with Crippen LogP contribution in [0.3, 0.4) is 0 Å². The van der Waals surface area contributed by atoms with Crippen molar-refractivity contribution in [3.8, 4) is 0 Å². The van der Waals surface area contributed by atoms with Crippen LogP contribution in [0.4, 0.5) is 0 Å². The summed E-state index contributed by atoms with van der Waals surface area (Å²) < 4.78 is 1.16. The Morgan fingerprint density at radius 2 is 1.77 bits per heavy atom. The fourth-order valence-corrected chi connectivity index (χ4v) is 1.90. The van der Waals surface area contributed by atoms with Crippen LogP contribution in [-0.4, -0.2) is 0 Å². The first-order chi connectivity index (χ1) is 6.27. The van der Waals surface area contributed by atoms with Crippen molar-refractivity contribution >= 4 is 21.5 Å². The molecular formula is C12H13Br. The second kappa shape index (κ2) is 3.67. The van der Waals surface area contributed by atoms with Gasteiger partial charge in [0, 0.05) is 4.47 Å². The summed E-state index contributed by atoms with van der Waals surface area (Å²) >= 11 is 3.45. The first-order valence-electron chi connectivity index (χ1n) is 4.72. The van der Waals surface area contributed by atoms with E-state index in [-0.39, 0.29) is 0 Å². The molecule has 0 nitrogen and oxygen atoms in total. The summed E-state index contributed by atoms with van der Waals surface area (Å²) in [6, 6.07) is 8.59. The zero-order chi connectivity index (χ0) is 9.26. The molecule has 0 atom stereocenters. The van der Waals surface area contributed by atoms with Crippen molar-refractivity contribution in [1.82, 2.24) is 0 Å². The summed E-state index contributed by atoms with van der Waals surface area (Å²) in [6.45, 7) is 2.23. The van der Waals surface area contributed by atoms with Gasteiger partial charge in [-0.1, -0.05) is 33.6 Å². The minimum Gasteiger partial charge on any atom is -0.0667 e. The normalized spacial score (nSPS) is 15.4. The van der Waals surface area contributed by atoms with Crippen molar-refractivity contribution in [3.63, 3.8) is 0 Å². The van der Waals surface area contributed by atoms with Gasteiger partial charge in [0.25, 0.3) is 0 Å². The van der Waals surface area contributed by atoms with Crippen molar-refractivity contribution < 1.29 is 0 Å². The Kier molecular flexibility index (Phi) is 2.54. The van der Waals surface area contributed by atoms with Gasteiger partial charge in [-0.05, 0) is 49.5 Å². The lowest BCUT2D eigenvalue weighted by atomic mass is 9.86. The number of allylic oxidation sites excluding steroid dienone is 2. The molecule has 68 valence electrons. The molecule has 1 aliphatic rings. The molecule has 2 rings (SSSR count). The van der Waals surface area contributed by atoms with Gasteiger partial charge in [-0.2, -0.15) is 0 Å². The molecule has 0 aliphatic heterocycles. The highest BCUT2D eigenvalue weighted by Crippen LogP contribution is 2.33. The van der Waals surface area contributed by atoms with Gasteiger partial charge in [0.15, 0.2) is 0 Å². The van der Waals surface area contributed by atoms with Crippen LogP contribution >= 0.6 is 15.9 Å². The van der Waals surface area contributed by atoms with E-state index < -0.39 is 0 Å². The molecule has 0 heterocycles. The van der Waals surface area contributed by atoms with Gasteiger partial charge < -0.3 is 0 Å². The highest BCUT2D eigenvalue weighted by molar-refractivity contribution is 9.10. The fourth-order valence-electron chi connectivity index (χ4n) is 1.63. The highest BCUT2D eigenvalue weighted by atomic mass is 79.9. The molecule has 0 aromatic heterocycles. The van der Waals surface area contributed by atoms with E-state index >= 15 is 0 Å². The molecule has 0 spiro atoms. The predicted molar refractivity (Wildman–Crippen MR) is 60.6 cm³/mol. The summed E-state index contributed by atoms with van der Waals surface area (Å²) in [5.74, 6) is 0. The van der Waals surface area contributed by atoms with E-state index in [9.17, 15) is 0 Å². The van der Waals surface area contributed by atoms with Crippen LogP contribution in [0.2, 0.25) is 0 Å². The molecule has 1 saturated carbocycles. The van der Waals surface area contributed by atoms with Gasteiger partial charge in [-0.15, -0.1) is 0 Å². The molecule has 0 N–H and O–H groups in total. The molecule has 0 amide bonds. The zero-order valence-electron chi connectivity index (χ0n) is 7.81. The largest absolute Gasteiger partial charge is 0.0667 e. The molecule has 0 saturated heterocycles. The smallest absolute Gasteiger partial charge is 0.0175 e. The van der Waals surface area contributed by atoms with E-state index in [0.29, 0.717) is 0 Å². The molecular weight excluding hydrogens is 224 g/mol. The number of hydrogen-bond donors (Lipinski definition) is 0. The molecule has 1 fully saturated rings. The minimum absolute atomic E-state index is 1.16. The molecule has 1 aliphatic carbocycles. The van der Waals surface area contributed by atoms with Gasteiger partial charge in [-0.3, -0.25) is 0 Å². The SMILES string of the molecule is CC(=C1CCC1)c1ccc(Br)cc1. The molecule has 1 aromatic rings. The maximum Gasteiger partial charge on any atom is 0.0175 e. The first kappa shape index (κ1) is 9.01. The van der Waals surface area contributed by atoms with E-state index in [1.807, 2.05) is 0 Å². The van der Waals surface area contributed by atoms with Gasteiger partial charge >= 0.3 is 0 Å². The van der Waals surface area contributed by atoms with Gasteiger partial charge in [-0.25, -0.2) is 0 Å². The maximum absolute atomic E-state index is 3.45. The number of halogens is 1. The number of benzene rings is 1. The lowest BCUT2D eigenvalue weighted by Gasteiger charge is -2.20. The Balaban J connectivity index is 2.30. The Labute approximate surface area is 87.8 Å². The van der Waals surface area contributed by atoms with Crippen LogP contribution in [-0.2, 0) is 0 Å². The van der Waals surface area contributed by atoms with Crippen molar-refractivity contribution in [3.05, 3.63) is 39.9 Å². The number of rotatable bonds is 1. The molecule has 0 radical (unpaired) electrons. The maximum atomic E-state index is 3.45. The Morgan fingerprint density at radius 1 is 1.15 bits per heavy atom. The standard InChI is InChI=1S/C12H13Br/c1-9(10-3-2-4-10)11-5-7-12(13)8-6-11/h5-8H,2-4H2,1H3. The van der Waals surface area contributed by atoms with Crippen LogP contribution in [0.1, 0.15) is 31.7 Å². The monoisotopic (exact) mass is 236 g/mol. The molecule has 1 heteroatoms. The molecule has 13 heavy (non-hydrogen) atoms. The lowest BCUT2D eigenvalue weighted by molar-refractivity contribution is 0.665. The van der Waals surface area contributed by atoms with Crippen LogP contribution in [0.5, 0.6) is 0 Å². The first-order valence-corrected chi connectivity index (χ1v) is 5.51. The van der Waals surface area contributed by atoms with Gasteiger partial charge in [0.05, 0.1) is 0 Å². The molecule has 0 unspecified atom stereocenters. The van der Waals surface area contributed by atoms with Crippen LogP contribution in [0, 0.1) is 0 Å². The minimum atomic E-state index is 1.16. The summed E-state index contributed by atoms with van der Waals surface area (Å²) in [6.07, 6.45) is 3.99. The second-order valence-electron chi connectivity index (χ2n) is 3.59. The number of hydrogen-bond acceptors (Lipinski definition) is 0. The third-order valence-corrected chi connectivity index (χ3v) is 3.29. The average Bonchev–Trinajstić information content (AvgIpc) is 2.02. The Bertz CT molecular complexity index is 327. The summed E-state index contributed by atoms with van der Waals surface area (Å²) in [4.78, 5) is 0. The molecule has 1 aromatic carbocycles. The van der Waals surface area contributed by atoms with E-state index in [4.69, 9.17) is 0 Å². The Morgan fingerprint density at radius 3 is 2.23 bits per heavy atom. The topological polar surface area (TPSA) is 0 Å². The summed E-state index contributed by atoms with van der Waals surface area (Å²) in [7, 11) is 0. The summed E-state index contributed by atoms with van der Waals surface area (Å²) in [5, 5.41) is 0. The van der Waals surface area contributed by atoms with Gasteiger partial charge in [0.1, 0.15) is 0 Å². The highest BCUT2D eigenvalue weighted by Gasteiger charge is 2.12. The predicted octanol–water partition coefficient (Wildman–Crippen LogP) is 4.41.